The Labute approximate surface area is 125 Å². The molecule has 6 nitrogen and oxygen atoms in total. The van der Waals surface area contributed by atoms with E-state index in [2.05, 4.69) is 0 Å². The van der Waals surface area contributed by atoms with Crippen LogP contribution in [0.5, 0.6) is 0 Å². The van der Waals surface area contributed by atoms with Crippen LogP contribution in [0.15, 0.2) is 29.2 Å². The van der Waals surface area contributed by atoms with Crippen molar-refractivity contribution in [2.24, 2.45) is 17.4 Å². The minimum absolute atomic E-state index is 0.131. The molecular formula is C14H21N3O3S. The molecule has 1 atom stereocenters. The largest absolute Gasteiger partial charge is 0.369 e. The highest BCUT2D eigenvalue weighted by molar-refractivity contribution is 7.89. The molecule has 1 fully saturated rings. The Bertz CT molecular complexity index is 603. The van der Waals surface area contributed by atoms with Gasteiger partial charge in [-0.1, -0.05) is 12.1 Å². The third kappa shape index (κ3) is 3.42. The first kappa shape index (κ1) is 15.9. The lowest BCUT2D eigenvalue weighted by Gasteiger charge is -2.29. The molecule has 1 heterocycles. The van der Waals surface area contributed by atoms with Gasteiger partial charge in [0.15, 0.2) is 0 Å². The molecule has 4 N–H and O–H groups in total. The van der Waals surface area contributed by atoms with Gasteiger partial charge in [-0.15, -0.1) is 0 Å². The maximum absolute atomic E-state index is 12.5. The van der Waals surface area contributed by atoms with Crippen molar-refractivity contribution in [2.75, 3.05) is 13.1 Å². The quantitative estimate of drug-likeness (QED) is 0.848. The average Bonchev–Trinajstić information content (AvgIpc) is 2.47. The van der Waals surface area contributed by atoms with Gasteiger partial charge in [-0.25, -0.2) is 8.42 Å². The molecule has 1 amide bonds. The molecule has 116 valence electrons. The lowest BCUT2D eigenvalue weighted by molar-refractivity contribution is -0.122. The third-order valence-corrected chi connectivity index (χ3v) is 5.81. The van der Waals surface area contributed by atoms with Gasteiger partial charge in [-0.3, -0.25) is 4.79 Å². The minimum atomic E-state index is -3.51. The number of amides is 1. The van der Waals surface area contributed by atoms with Crippen LogP contribution in [0.3, 0.4) is 0 Å². The van der Waals surface area contributed by atoms with Gasteiger partial charge in [-0.2, -0.15) is 4.31 Å². The number of hydrogen-bond donors (Lipinski definition) is 2. The second-order valence-electron chi connectivity index (χ2n) is 5.44. The number of carbonyl (C=O) groups excluding carboxylic acids is 1. The van der Waals surface area contributed by atoms with E-state index in [0.29, 0.717) is 25.9 Å². The number of piperidine rings is 1. The number of benzene rings is 1. The number of carbonyl (C=O) groups is 1. The Kier molecular flexibility index (Phi) is 4.65. The number of nitrogens with two attached hydrogens (primary N) is 2. The Morgan fingerprint density at radius 2 is 1.76 bits per heavy atom. The van der Waals surface area contributed by atoms with E-state index in [9.17, 15) is 13.2 Å². The highest BCUT2D eigenvalue weighted by atomic mass is 32.2. The van der Waals surface area contributed by atoms with Crippen molar-refractivity contribution in [3.63, 3.8) is 0 Å². The molecular weight excluding hydrogens is 290 g/mol. The van der Waals surface area contributed by atoms with Crippen LogP contribution in [0.2, 0.25) is 0 Å². The predicted octanol–water partition coefficient (Wildman–Crippen LogP) is 0.592. The Balaban J connectivity index is 2.13. The van der Waals surface area contributed by atoms with Gasteiger partial charge in [0, 0.05) is 25.0 Å². The van der Waals surface area contributed by atoms with Gasteiger partial charge >= 0.3 is 0 Å². The lowest BCUT2D eigenvalue weighted by atomic mass is 9.98. The van der Waals surface area contributed by atoms with Crippen LogP contribution in [-0.4, -0.2) is 31.7 Å². The summed E-state index contributed by atoms with van der Waals surface area (Å²) in [6, 6.07) is 6.48. The van der Waals surface area contributed by atoms with E-state index >= 15 is 0 Å². The van der Waals surface area contributed by atoms with E-state index in [1.165, 1.54) is 4.31 Å². The zero-order valence-electron chi connectivity index (χ0n) is 12.0. The molecule has 0 bridgehead atoms. The third-order valence-electron chi connectivity index (χ3n) is 3.90. The van der Waals surface area contributed by atoms with E-state index in [0.717, 1.165) is 5.56 Å². The van der Waals surface area contributed by atoms with Gasteiger partial charge in [0.2, 0.25) is 15.9 Å². The van der Waals surface area contributed by atoms with Gasteiger partial charge in [0.05, 0.1) is 4.90 Å². The van der Waals surface area contributed by atoms with Crippen molar-refractivity contribution in [3.8, 4) is 0 Å². The number of nitrogens with zero attached hydrogens (tertiary/aromatic N) is 1. The smallest absolute Gasteiger partial charge is 0.243 e. The van der Waals surface area contributed by atoms with Crippen LogP contribution in [0.25, 0.3) is 0 Å². The summed E-state index contributed by atoms with van der Waals surface area (Å²) < 4.78 is 26.5. The van der Waals surface area contributed by atoms with Gasteiger partial charge < -0.3 is 11.5 Å². The molecule has 1 aromatic rings. The fourth-order valence-electron chi connectivity index (χ4n) is 2.47. The van der Waals surface area contributed by atoms with Gasteiger partial charge in [0.1, 0.15) is 0 Å². The first-order valence-electron chi connectivity index (χ1n) is 6.97. The highest BCUT2D eigenvalue weighted by Crippen LogP contribution is 2.24. The highest BCUT2D eigenvalue weighted by Gasteiger charge is 2.31. The molecule has 0 radical (unpaired) electrons. The summed E-state index contributed by atoms with van der Waals surface area (Å²) in [6.45, 7) is 2.49. The number of rotatable bonds is 4. The molecule has 0 aromatic heterocycles. The fraction of sp³-hybridized carbons (Fsp3) is 0.500. The summed E-state index contributed by atoms with van der Waals surface area (Å²) in [5.74, 6) is -0.578. The Morgan fingerprint density at radius 3 is 2.19 bits per heavy atom. The standard InChI is InChI=1S/C14H21N3O3S/c1-10(15)11-2-4-13(5-3-11)21(19,20)17-8-6-12(7-9-17)14(16)18/h2-5,10,12H,6-9,15H2,1H3,(H2,16,18). The maximum Gasteiger partial charge on any atom is 0.243 e. The van der Waals surface area contributed by atoms with Crippen molar-refractivity contribution in [1.29, 1.82) is 0 Å². The van der Waals surface area contributed by atoms with Gasteiger partial charge in [-0.05, 0) is 37.5 Å². The predicted molar refractivity (Wildman–Crippen MR) is 79.7 cm³/mol. The molecule has 0 aliphatic carbocycles. The van der Waals surface area contributed by atoms with Crippen molar-refractivity contribution in [2.45, 2.75) is 30.7 Å². The molecule has 0 spiro atoms. The Hall–Kier alpha value is -1.44. The number of hydrogen-bond acceptors (Lipinski definition) is 4. The minimum Gasteiger partial charge on any atom is -0.369 e. The molecule has 1 aliphatic rings. The van der Waals surface area contributed by atoms with Crippen molar-refractivity contribution >= 4 is 15.9 Å². The first-order valence-corrected chi connectivity index (χ1v) is 8.41. The van der Waals surface area contributed by atoms with Crippen LogP contribution in [-0.2, 0) is 14.8 Å². The van der Waals surface area contributed by atoms with Crippen LogP contribution >= 0.6 is 0 Å². The molecule has 1 aliphatic heterocycles. The lowest BCUT2D eigenvalue weighted by Crippen LogP contribution is -2.41. The van der Waals surface area contributed by atoms with E-state index in [1.54, 1.807) is 24.3 Å². The molecule has 2 rings (SSSR count). The average molecular weight is 311 g/mol. The topological polar surface area (TPSA) is 106 Å². The molecule has 7 heteroatoms. The van der Waals surface area contributed by atoms with E-state index in [-0.39, 0.29) is 22.8 Å². The second kappa shape index (κ2) is 6.13. The van der Waals surface area contributed by atoms with E-state index in [4.69, 9.17) is 11.5 Å². The number of sulfonamides is 1. The van der Waals surface area contributed by atoms with Crippen LogP contribution < -0.4 is 11.5 Å². The maximum atomic E-state index is 12.5. The zero-order chi connectivity index (χ0) is 15.6. The van der Waals surface area contributed by atoms with Crippen molar-refractivity contribution in [1.82, 2.24) is 4.31 Å². The molecule has 1 unspecified atom stereocenters. The van der Waals surface area contributed by atoms with E-state index < -0.39 is 10.0 Å². The first-order chi connectivity index (χ1) is 9.82. The number of primary amides is 1. The monoisotopic (exact) mass is 311 g/mol. The van der Waals surface area contributed by atoms with Gasteiger partial charge in [0.25, 0.3) is 0 Å². The fourth-order valence-corrected chi connectivity index (χ4v) is 3.94. The summed E-state index contributed by atoms with van der Waals surface area (Å²) in [4.78, 5) is 11.4. The molecule has 1 aromatic carbocycles. The summed E-state index contributed by atoms with van der Waals surface area (Å²) in [5.41, 5.74) is 11.9. The van der Waals surface area contributed by atoms with E-state index in [1.807, 2.05) is 6.92 Å². The summed E-state index contributed by atoms with van der Waals surface area (Å²) >= 11 is 0. The SMILES string of the molecule is CC(N)c1ccc(S(=O)(=O)N2CCC(C(N)=O)CC2)cc1. The van der Waals surface area contributed by atoms with Crippen LogP contribution in [0.4, 0.5) is 0 Å². The van der Waals surface area contributed by atoms with Crippen LogP contribution in [0, 0.1) is 5.92 Å². The van der Waals surface area contributed by atoms with Crippen LogP contribution in [0.1, 0.15) is 31.4 Å². The molecule has 1 saturated heterocycles. The van der Waals surface area contributed by atoms with Crippen molar-refractivity contribution in [3.05, 3.63) is 29.8 Å². The summed E-state index contributed by atoms with van der Waals surface area (Å²) in [7, 11) is -3.51. The molecule has 0 saturated carbocycles. The summed E-state index contributed by atoms with van der Waals surface area (Å²) in [6.07, 6.45) is 0.957. The van der Waals surface area contributed by atoms with Crippen molar-refractivity contribution < 1.29 is 13.2 Å². The Morgan fingerprint density at radius 1 is 1.24 bits per heavy atom. The second-order valence-corrected chi connectivity index (χ2v) is 7.38. The zero-order valence-corrected chi connectivity index (χ0v) is 12.8. The summed E-state index contributed by atoms with van der Waals surface area (Å²) in [5, 5.41) is 0. The molecule has 21 heavy (non-hydrogen) atoms. The normalized spacial score (nSPS) is 19.3.